The van der Waals surface area contributed by atoms with Gasteiger partial charge in [-0.3, -0.25) is 19.9 Å². The Balaban J connectivity index is 1.82. The van der Waals surface area contributed by atoms with Crippen molar-refractivity contribution in [1.82, 2.24) is 15.5 Å². The highest BCUT2D eigenvalue weighted by Gasteiger charge is 2.47. The van der Waals surface area contributed by atoms with E-state index < -0.39 is 5.54 Å². The Morgan fingerprint density at radius 3 is 2.36 bits per heavy atom. The maximum absolute atomic E-state index is 13.1. The zero-order valence-electron chi connectivity index (χ0n) is 17.2. The molecule has 154 valence electrons. The molecule has 2 rings (SSSR count). The molecule has 0 radical (unpaired) electrons. The number of hydrogen-bond acceptors (Lipinski definition) is 3. The average molecular weight is 387 g/mol. The van der Waals surface area contributed by atoms with Crippen molar-refractivity contribution >= 4 is 17.8 Å². The molecule has 2 amide bonds. The molecular formula is C22H34N4O2. The molecule has 3 N–H and O–H groups in total. The van der Waals surface area contributed by atoms with Gasteiger partial charge in [0.2, 0.25) is 5.91 Å². The van der Waals surface area contributed by atoms with Crippen LogP contribution >= 0.6 is 0 Å². The first kappa shape index (κ1) is 21.9. The zero-order chi connectivity index (χ0) is 20.4. The van der Waals surface area contributed by atoms with E-state index in [1.54, 1.807) is 4.90 Å². The van der Waals surface area contributed by atoms with Crippen LogP contribution in [0.3, 0.4) is 0 Å². The topological polar surface area (TPSA) is 85.3 Å². The van der Waals surface area contributed by atoms with Crippen LogP contribution in [0, 0.1) is 5.41 Å². The molecule has 1 aliphatic rings. The molecule has 28 heavy (non-hydrogen) atoms. The van der Waals surface area contributed by atoms with Gasteiger partial charge in [0, 0.05) is 13.1 Å². The second-order valence-corrected chi connectivity index (χ2v) is 7.59. The highest BCUT2D eigenvalue weighted by molar-refractivity contribution is 6.07. The van der Waals surface area contributed by atoms with Gasteiger partial charge >= 0.3 is 0 Å². The smallest absolute Gasteiger partial charge is 0.255 e. The van der Waals surface area contributed by atoms with Gasteiger partial charge in [0.15, 0.2) is 5.96 Å². The second kappa shape index (κ2) is 10.8. The highest BCUT2D eigenvalue weighted by atomic mass is 16.2. The minimum absolute atomic E-state index is 0.0209. The van der Waals surface area contributed by atoms with Gasteiger partial charge in [-0.1, -0.05) is 69.9 Å². The Morgan fingerprint density at radius 2 is 1.75 bits per heavy atom. The van der Waals surface area contributed by atoms with Crippen molar-refractivity contribution in [3.63, 3.8) is 0 Å². The van der Waals surface area contributed by atoms with E-state index in [1.165, 1.54) is 0 Å². The lowest BCUT2D eigenvalue weighted by atomic mass is 9.87. The van der Waals surface area contributed by atoms with Crippen molar-refractivity contribution in [2.45, 2.75) is 70.8 Å². The van der Waals surface area contributed by atoms with E-state index in [4.69, 9.17) is 5.41 Å². The van der Waals surface area contributed by atoms with E-state index in [-0.39, 0.29) is 17.8 Å². The van der Waals surface area contributed by atoms with Crippen LogP contribution in [0.25, 0.3) is 0 Å². The first-order chi connectivity index (χ1) is 13.5. The predicted octanol–water partition coefficient (Wildman–Crippen LogP) is 3.22. The fourth-order valence-corrected chi connectivity index (χ4v) is 3.65. The molecule has 1 saturated heterocycles. The van der Waals surface area contributed by atoms with Gasteiger partial charge in [-0.25, -0.2) is 0 Å². The summed E-state index contributed by atoms with van der Waals surface area (Å²) >= 11 is 0. The third-order valence-electron chi connectivity index (χ3n) is 5.28. The molecule has 6 heteroatoms. The van der Waals surface area contributed by atoms with Crippen molar-refractivity contribution in [2.24, 2.45) is 0 Å². The summed E-state index contributed by atoms with van der Waals surface area (Å²) < 4.78 is 0. The lowest BCUT2D eigenvalue weighted by molar-refractivity contribution is -0.131. The Labute approximate surface area is 168 Å². The summed E-state index contributed by atoms with van der Waals surface area (Å²) in [7, 11) is 0. The molecular weight excluding hydrogens is 352 g/mol. The Kier molecular flexibility index (Phi) is 8.48. The molecule has 1 aromatic carbocycles. The molecule has 0 aromatic heterocycles. The average Bonchev–Trinajstić information content (AvgIpc) is 2.93. The van der Waals surface area contributed by atoms with Crippen LogP contribution in [0.15, 0.2) is 30.3 Å². The number of amides is 2. The number of carbonyl (C=O) groups excluding carboxylic acids is 2. The number of rotatable bonds is 12. The summed E-state index contributed by atoms with van der Waals surface area (Å²) in [6.45, 7) is 5.19. The van der Waals surface area contributed by atoms with E-state index in [0.29, 0.717) is 25.9 Å². The third-order valence-corrected chi connectivity index (χ3v) is 5.28. The molecule has 0 aliphatic carbocycles. The van der Waals surface area contributed by atoms with Crippen LogP contribution < -0.4 is 10.6 Å². The maximum atomic E-state index is 13.1. The number of benzene rings is 1. The minimum Gasteiger partial charge on any atom is -0.356 e. The van der Waals surface area contributed by atoms with Crippen LogP contribution in [-0.2, 0) is 16.0 Å². The number of carbonyl (C=O) groups is 2. The summed E-state index contributed by atoms with van der Waals surface area (Å²) in [6, 6.07) is 9.63. The van der Waals surface area contributed by atoms with Gasteiger partial charge in [0.05, 0.1) is 6.42 Å². The summed E-state index contributed by atoms with van der Waals surface area (Å²) in [5.74, 6) is 0.204. The molecule has 0 bridgehead atoms. The molecule has 1 aliphatic heterocycles. The van der Waals surface area contributed by atoms with E-state index in [0.717, 1.165) is 44.1 Å². The van der Waals surface area contributed by atoms with Crippen molar-refractivity contribution in [1.29, 1.82) is 5.41 Å². The monoisotopic (exact) mass is 386 g/mol. The number of nitrogens with one attached hydrogen (secondary N) is 3. The van der Waals surface area contributed by atoms with Crippen LogP contribution in [0.1, 0.15) is 64.4 Å². The van der Waals surface area contributed by atoms with Crippen LogP contribution in [0.2, 0.25) is 0 Å². The molecule has 1 heterocycles. The van der Waals surface area contributed by atoms with Gasteiger partial charge in [-0.05, 0) is 24.8 Å². The van der Waals surface area contributed by atoms with Crippen molar-refractivity contribution in [3.05, 3.63) is 35.9 Å². The van der Waals surface area contributed by atoms with E-state index in [2.05, 4.69) is 24.5 Å². The zero-order valence-corrected chi connectivity index (χ0v) is 17.2. The van der Waals surface area contributed by atoms with E-state index in [1.807, 2.05) is 30.3 Å². The standard InChI is InChI=1S/C22H34N4O2/c1-3-5-13-22(14-6-4-2)20(28)26(21(23)25-22)16-10-15-24-19(27)17-18-11-8-7-9-12-18/h7-9,11-12H,3-6,10,13-17H2,1-2H3,(H2,23,25)(H,24,27). The van der Waals surface area contributed by atoms with Gasteiger partial charge in [0.25, 0.3) is 5.91 Å². The highest BCUT2D eigenvalue weighted by Crippen LogP contribution is 2.29. The summed E-state index contributed by atoms with van der Waals surface area (Å²) in [5, 5.41) is 14.3. The quantitative estimate of drug-likeness (QED) is 0.482. The van der Waals surface area contributed by atoms with Gasteiger partial charge in [-0.15, -0.1) is 0 Å². The van der Waals surface area contributed by atoms with E-state index in [9.17, 15) is 9.59 Å². The summed E-state index contributed by atoms with van der Waals surface area (Å²) in [4.78, 5) is 26.6. The lowest BCUT2D eigenvalue weighted by Crippen LogP contribution is -2.47. The molecule has 0 saturated carbocycles. The summed E-state index contributed by atoms with van der Waals surface area (Å²) in [5.41, 5.74) is 0.372. The fourth-order valence-electron chi connectivity index (χ4n) is 3.65. The Hall–Kier alpha value is -2.37. The van der Waals surface area contributed by atoms with Crippen LogP contribution in [-0.4, -0.2) is 41.3 Å². The molecule has 0 atom stereocenters. The normalized spacial score (nSPS) is 15.6. The van der Waals surface area contributed by atoms with Gasteiger partial charge < -0.3 is 10.6 Å². The maximum Gasteiger partial charge on any atom is 0.255 e. The molecule has 0 spiro atoms. The first-order valence-corrected chi connectivity index (χ1v) is 10.5. The number of unbranched alkanes of at least 4 members (excludes halogenated alkanes) is 2. The van der Waals surface area contributed by atoms with Gasteiger partial charge in [-0.2, -0.15) is 0 Å². The number of hydrogen-bond donors (Lipinski definition) is 3. The Morgan fingerprint density at radius 1 is 1.11 bits per heavy atom. The summed E-state index contributed by atoms with van der Waals surface area (Å²) in [6.07, 6.45) is 6.54. The number of guanidine groups is 1. The van der Waals surface area contributed by atoms with Crippen molar-refractivity contribution < 1.29 is 9.59 Å². The SMILES string of the molecule is CCCCC1(CCCC)NC(=N)N(CCCNC(=O)Cc2ccccc2)C1=O. The number of nitrogens with zero attached hydrogens (tertiary/aromatic N) is 1. The predicted molar refractivity (Wildman–Crippen MR) is 112 cm³/mol. The third kappa shape index (κ3) is 5.81. The van der Waals surface area contributed by atoms with Crippen molar-refractivity contribution in [3.8, 4) is 0 Å². The largest absolute Gasteiger partial charge is 0.356 e. The Bertz CT molecular complexity index is 652. The second-order valence-electron chi connectivity index (χ2n) is 7.59. The van der Waals surface area contributed by atoms with E-state index >= 15 is 0 Å². The molecule has 1 aromatic rings. The minimum atomic E-state index is -0.611. The fraction of sp³-hybridized carbons (Fsp3) is 0.591. The first-order valence-electron chi connectivity index (χ1n) is 10.5. The van der Waals surface area contributed by atoms with Crippen LogP contribution in [0.5, 0.6) is 0 Å². The lowest BCUT2D eigenvalue weighted by Gasteiger charge is -2.27. The molecule has 1 fully saturated rings. The molecule has 6 nitrogen and oxygen atoms in total. The van der Waals surface area contributed by atoms with Crippen molar-refractivity contribution in [2.75, 3.05) is 13.1 Å². The molecule has 0 unspecified atom stereocenters. The van der Waals surface area contributed by atoms with Crippen LogP contribution in [0.4, 0.5) is 0 Å². The van der Waals surface area contributed by atoms with Gasteiger partial charge in [0.1, 0.15) is 5.54 Å².